The number of aliphatic carboxylic acids is 1. The molecular weight excluding hydrogens is 432 g/mol. The largest absolute Gasteiger partial charge is 0.493 e. The molecule has 1 N–H and O–H groups in total. The van der Waals surface area contributed by atoms with E-state index in [2.05, 4.69) is 34.6 Å². The van der Waals surface area contributed by atoms with E-state index in [1.165, 1.54) is 0 Å². The monoisotopic (exact) mass is 466 g/mol. The number of para-hydroxylation sites is 1. The van der Waals surface area contributed by atoms with Crippen LogP contribution in [-0.2, 0) is 16.8 Å². The van der Waals surface area contributed by atoms with Crippen LogP contribution in [0, 0.1) is 5.92 Å². The van der Waals surface area contributed by atoms with Crippen LogP contribution in [0.25, 0.3) is 22.5 Å². The van der Waals surface area contributed by atoms with Crippen molar-refractivity contribution in [1.82, 2.24) is 9.78 Å². The molecule has 0 bridgehead atoms. The molecule has 0 spiro atoms. The van der Waals surface area contributed by atoms with E-state index in [1.54, 1.807) is 14.2 Å². The van der Waals surface area contributed by atoms with Gasteiger partial charge in [0.2, 0.25) is 0 Å². The first-order valence-electron chi connectivity index (χ1n) is 11.3. The Balaban J connectivity index is 2.23. The molecule has 0 atom stereocenters. The number of hydrogen-bond donors (Lipinski definition) is 1. The van der Waals surface area contributed by atoms with Gasteiger partial charge in [-0.2, -0.15) is 5.10 Å². The van der Waals surface area contributed by atoms with Crippen molar-refractivity contribution in [2.24, 2.45) is 5.92 Å². The summed E-state index contributed by atoms with van der Waals surface area (Å²) >= 11 is 0. The third kappa shape index (κ3) is 5.53. The quantitative estimate of drug-likeness (QED) is 0.439. The lowest BCUT2D eigenvalue weighted by atomic mass is 9.85. The number of aromatic nitrogens is 2. The normalized spacial score (nSPS) is 11.5. The van der Waals surface area contributed by atoms with E-state index in [0.29, 0.717) is 35.4 Å². The molecule has 3 aromatic rings. The Morgan fingerprint density at radius 1 is 1.03 bits per heavy atom. The van der Waals surface area contributed by atoms with Gasteiger partial charge in [0.25, 0.3) is 0 Å². The zero-order chi connectivity index (χ0) is 25.0. The molecule has 0 radical (unpaired) electrons. The maximum atomic E-state index is 11.2. The van der Waals surface area contributed by atoms with Crippen LogP contribution >= 0.6 is 0 Å². The Kier molecular flexibility index (Phi) is 7.54. The first kappa shape index (κ1) is 25.1. The van der Waals surface area contributed by atoms with Crippen LogP contribution < -0.4 is 14.2 Å². The molecule has 0 saturated carbocycles. The molecule has 0 aliphatic rings. The second-order valence-corrected chi connectivity index (χ2v) is 9.68. The maximum Gasteiger partial charge on any atom is 0.341 e. The van der Waals surface area contributed by atoms with Crippen molar-refractivity contribution in [2.75, 3.05) is 20.8 Å². The fourth-order valence-corrected chi connectivity index (χ4v) is 3.80. The van der Waals surface area contributed by atoms with Crippen LogP contribution in [0.15, 0.2) is 42.5 Å². The molecule has 0 saturated heterocycles. The minimum absolute atomic E-state index is 0.0978. The van der Waals surface area contributed by atoms with Gasteiger partial charge in [-0.25, -0.2) is 4.79 Å². The van der Waals surface area contributed by atoms with E-state index in [4.69, 9.17) is 24.4 Å². The van der Waals surface area contributed by atoms with Crippen LogP contribution in [0.2, 0.25) is 0 Å². The number of methoxy groups -OCH3 is 2. The molecule has 1 aromatic heterocycles. The lowest BCUT2D eigenvalue weighted by molar-refractivity contribution is -0.139. The average molecular weight is 467 g/mol. The average Bonchev–Trinajstić information content (AvgIpc) is 3.18. The summed E-state index contributed by atoms with van der Waals surface area (Å²) in [6, 6.07) is 13.6. The van der Waals surface area contributed by atoms with E-state index < -0.39 is 12.6 Å². The molecule has 182 valence electrons. The van der Waals surface area contributed by atoms with E-state index in [-0.39, 0.29) is 5.41 Å². The Labute approximate surface area is 201 Å². The van der Waals surface area contributed by atoms with Gasteiger partial charge in [0.15, 0.2) is 18.1 Å². The molecule has 3 rings (SSSR count). The molecule has 7 nitrogen and oxygen atoms in total. The first-order chi connectivity index (χ1) is 16.0. The lowest BCUT2D eigenvalue weighted by Crippen LogP contribution is -2.13. The van der Waals surface area contributed by atoms with Gasteiger partial charge in [0, 0.05) is 17.7 Å². The van der Waals surface area contributed by atoms with E-state index >= 15 is 0 Å². The molecule has 1 heterocycles. The number of nitrogens with zero attached hydrogens (tertiary/aromatic N) is 2. The molecule has 0 amide bonds. The fourth-order valence-electron chi connectivity index (χ4n) is 3.80. The van der Waals surface area contributed by atoms with Gasteiger partial charge in [0.1, 0.15) is 5.75 Å². The molecule has 0 aliphatic heterocycles. The SMILES string of the molecule is COc1cccc(-c2cc(-c3cc(C(C)(C)C)ccc3OCC(=O)O)nn2CC(C)C)c1OC. The highest BCUT2D eigenvalue weighted by atomic mass is 16.5. The lowest BCUT2D eigenvalue weighted by Gasteiger charge is -2.21. The van der Waals surface area contributed by atoms with Crippen LogP contribution in [0.5, 0.6) is 17.2 Å². The zero-order valence-electron chi connectivity index (χ0n) is 21.0. The van der Waals surface area contributed by atoms with Crippen molar-refractivity contribution in [3.8, 4) is 39.8 Å². The number of ether oxygens (including phenoxy) is 3. The van der Waals surface area contributed by atoms with Crippen molar-refractivity contribution >= 4 is 5.97 Å². The molecule has 34 heavy (non-hydrogen) atoms. The summed E-state index contributed by atoms with van der Waals surface area (Å²) in [6.07, 6.45) is 0. The zero-order valence-corrected chi connectivity index (χ0v) is 21.0. The number of hydrogen-bond acceptors (Lipinski definition) is 5. The van der Waals surface area contributed by atoms with Crippen LogP contribution in [0.4, 0.5) is 0 Å². The Morgan fingerprint density at radius 2 is 1.76 bits per heavy atom. The van der Waals surface area contributed by atoms with Crippen molar-refractivity contribution < 1.29 is 24.1 Å². The summed E-state index contributed by atoms with van der Waals surface area (Å²) in [5, 5.41) is 14.1. The summed E-state index contributed by atoms with van der Waals surface area (Å²) in [4.78, 5) is 11.2. The summed E-state index contributed by atoms with van der Waals surface area (Å²) in [7, 11) is 3.23. The van der Waals surface area contributed by atoms with Gasteiger partial charge in [0.05, 0.1) is 25.6 Å². The third-order valence-electron chi connectivity index (χ3n) is 5.47. The minimum Gasteiger partial charge on any atom is -0.493 e. The van der Waals surface area contributed by atoms with Gasteiger partial charge in [-0.3, -0.25) is 4.68 Å². The highest BCUT2D eigenvalue weighted by molar-refractivity contribution is 5.78. The number of rotatable bonds is 9. The van der Waals surface area contributed by atoms with Gasteiger partial charge < -0.3 is 19.3 Å². The number of carbonyl (C=O) groups is 1. The first-order valence-corrected chi connectivity index (χ1v) is 11.3. The fraction of sp³-hybridized carbons (Fsp3) is 0.407. The second-order valence-electron chi connectivity index (χ2n) is 9.68. The van der Waals surface area contributed by atoms with Crippen molar-refractivity contribution in [1.29, 1.82) is 0 Å². The van der Waals surface area contributed by atoms with Crippen molar-refractivity contribution in [2.45, 2.75) is 46.6 Å². The smallest absolute Gasteiger partial charge is 0.341 e. The van der Waals surface area contributed by atoms with Crippen LogP contribution in [0.1, 0.15) is 40.2 Å². The van der Waals surface area contributed by atoms with E-state index in [0.717, 1.165) is 22.4 Å². The topological polar surface area (TPSA) is 82.8 Å². The third-order valence-corrected chi connectivity index (χ3v) is 5.47. The van der Waals surface area contributed by atoms with Gasteiger partial charge in [-0.15, -0.1) is 0 Å². The summed E-state index contributed by atoms with van der Waals surface area (Å²) in [6.45, 7) is 10.9. The Hall–Kier alpha value is -3.48. The highest BCUT2D eigenvalue weighted by Crippen LogP contribution is 2.41. The van der Waals surface area contributed by atoms with Gasteiger partial charge in [-0.1, -0.05) is 46.8 Å². The van der Waals surface area contributed by atoms with Crippen molar-refractivity contribution in [3.05, 3.63) is 48.0 Å². The molecule has 0 aliphatic carbocycles. The van der Waals surface area contributed by atoms with Gasteiger partial charge in [-0.05, 0) is 47.2 Å². The molecule has 0 unspecified atom stereocenters. The predicted octanol–water partition coefficient (Wildman–Crippen LogP) is 5.65. The highest BCUT2D eigenvalue weighted by Gasteiger charge is 2.22. The predicted molar refractivity (Wildman–Crippen MR) is 133 cm³/mol. The summed E-state index contributed by atoms with van der Waals surface area (Å²) in [5.41, 5.74) is 4.20. The number of carboxylic acid groups (broad SMARTS) is 1. The Bertz CT molecular complexity index is 1160. The molecule has 0 fully saturated rings. The minimum atomic E-state index is -1.03. The Morgan fingerprint density at radius 3 is 2.35 bits per heavy atom. The van der Waals surface area contributed by atoms with E-state index in [9.17, 15) is 4.79 Å². The second kappa shape index (κ2) is 10.2. The molecule has 2 aromatic carbocycles. The maximum absolute atomic E-state index is 11.2. The number of carboxylic acids is 1. The molecule has 7 heteroatoms. The van der Waals surface area contributed by atoms with Crippen LogP contribution in [-0.4, -0.2) is 41.7 Å². The number of benzene rings is 2. The summed E-state index contributed by atoms with van der Waals surface area (Å²) < 4.78 is 18.8. The standard InChI is InChI=1S/C27H34N2O5/c1-17(2)15-29-22(19-9-8-10-24(32-6)26(19)33-7)14-21(28-29)20-13-18(27(3,4)5)11-12-23(20)34-16-25(30)31/h8-14,17H,15-16H2,1-7H3,(H,30,31). The van der Waals surface area contributed by atoms with E-state index in [1.807, 2.05) is 47.1 Å². The van der Waals surface area contributed by atoms with Crippen molar-refractivity contribution in [3.63, 3.8) is 0 Å². The van der Waals surface area contributed by atoms with Gasteiger partial charge >= 0.3 is 5.97 Å². The van der Waals surface area contributed by atoms with Crippen LogP contribution in [0.3, 0.4) is 0 Å². The summed E-state index contributed by atoms with van der Waals surface area (Å²) in [5.74, 6) is 1.07. The molecular formula is C27H34N2O5.